The molecule has 0 aliphatic carbocycles. The van der Waals surface area contributed by atoms with Gasteiger partial charge in [0.15, 0.2) is 5.75 Å². The Morgan fingerprint density at radius 3 is 2.38 bits per heavy atom. The lowest BCUT2D eigenvalue weighted by atomic mass is 10.1. The summed E-state index contributed by atoms with van der Waals surface area (Å²) in [6, 6.07) is 14.6. The summed E-state index contributed by atoms with van der Waals surface area (Å²) in [6.45, 7) is 1.97. The van der Waals surface area contributed by atoms with E-state index < -0.39 is 11.4 Å². The Morgan fingerprint density at radius 1 is 1.08 bits per heavy atom. The van der Waals surface area contributed by atoms with Crippen molar-refractivity contribution in [3.63, 3.8) is 0 Å². The van der Waals surface area contributed by atoms with Gasteiger partial charge in [0.1, 0.15) is 16.5 Å². The van der Waals surface area contributed by atoms with Gasteiger partial charge in [-0.25, -0.2) is 4.39 Å². The van der Waals surface area contributed by atoms with Crippen molar-refractivity contribution in [2.24, 2.45) is 0 Å². The van der Waals surface area contributed by atoms with Crippen molar-refractivity contribution in [1.29, 1.82) is 0 Å². The highest BCUT2D eigenvalue weighted by Crippen LogP contribution is 2.36. The quantitative estimate of drug-likeness (QED) is 0.534. The first kappa shape index (κ1) is 16.4. The van der Waals surface area contributed by atoms with Crippen molar-refractivity contribution in [3.8, 4) is 22.6 Å². The highest BCUT2D eigenvalue weighted by Gasteiger charge is 2.20. The van der Waals surface area contributed by atoms with E-state index in [1.165, 1.54) is 24.3 Å². The second-order valence-electron chi connectivity index (χ2n) is 6.08. The smallest absolute Gasteiger partial charge is 0.260 e. The average Bonchev–Trinajstić information content (AvgIpc) is 2.93. The van der Waals surface area contributed by atoms with Crippen LogP contribution in [0.25, 0.3) is 27.8 Å². The number of fused-ring (bicyclic) bond motifs is 1. The number of aryl methyl sites for hydroxylation is 1. The highest BCUT2D eigenvalue weighted by molar-refractivity contribution is 6.31. The highest BCUT2D eigenvalue weighted by atomic mass is 35.5. The molecular formula is C20H14ClFN2O2. The van der Waals surface area contributed by atoms with Crippen LogP contribution in [-0.4, -0.2) is 14.7 Å². The van der Waals surface area contributed by atoms with E-state index in [1.807, 2.05) is 31.2 Å². The van der Waals surface area contributed by atoms with E-state index in [9.17, 15) is 14.3 Å². The average molecular weight is 369 g/mol. The maximum atomic E-state index is 13.2. The molecule has 4 aromatic rings. The molecule has 2 heterocycles. The number of hydrogen-bond acceptors (Lipinski definition) is 2. The van der Waals surface area contributed by atoms with Crippen molar-refractivity contribution in [2.75, 3.05) is 0 Å². The summed E-state index contributed by atoms with van der Waals surface area (Å²) in [4.78, 5) is 15.2. The molecule has 0 radical (unpaired) electrons. The predicted molar refractivity (Wildman–Crippen MR) is 101 cm³/mol. The van der Waals surface area contributed by atoms with Gasteiger partial charge >= 0.3 is 0 Å². The number of aromatic hydroxyl groups is 1. The largest absolute Gasteiger partial charge is 0.505 e. The Labute approximate surface area is 153 Å². The van der Waals surface area contributed by atoms with Crippen LogP contribution in [0.4, 0.5) is 4.39 Å². The lowest BCUT2D eigenvalue weighted by molar-refractivity contribution is 0.480. The minimum Gasteiger partial charge on any atom is -0.505 e. The zero-order valence-corrected chi connectivity index (χ0v) is 14.5. The fraction of sp³-hybridized carbons (Fsp3) is 0.0500. The second-order valence-corrected chi connectivity index (χ2v) is 6.47. The maximum Gasteiger partial charge on any atom is 0.260 e. The Kier molecular flexibility index (Phi) is 3.81. The van der Waals surface area contributed by atoms with E-state index in [4.69, 9.17) is 11.6 Å². The van der Waals surface area contributed by atoms with Crippen molar-refractivity contribution in [3.05, 3.63) is 81.5 Å². The van der Waals surface area contributed by atoms with E-state index in [1.54, 1.807) is 10.6 Å². The predicted octanol–water partition coefficient (Wildman–Crippen LogP) is 4.79. The third-order valence-corrected chi connectivity index (χ3v) is 4.60. The van der Waals surface area contributed by atoms with Crippen LogP contribution >= 0.6 is 11.6 Å². The molecule has 0 bridgehead atoms. The molecule has 26 heavy (non-hydrogen) atoms. The third-order valence-electron chi connectivity index (χ3n) is 4.32. The topological polar surface area (TPSA) is 58.0 Å². The molecule has 0 amide bonds. The van der Waals surface area contributed by atoms with Crippen LogP contribution in [0, 0.1) is 12.7 Å². The molecule has 2 aromatic carbocycles. The molecule has 6 heteroatoms. The first-order valence-corrected chi connectivity index (χ1v) is 8.32. The molecule has 130 valence electrons. The van der Waals surface area contributed by atoms with Crippen LogP contribution < -0.4 is 5.56 Å². The third kappa shape index (κ3) is 2.57. The summed E-state index contributed by atoms with van der Waals surface area (Å²) in [5, 5.41) is 11.2. The first-order valence-electron chi connectivity index (χ1n) is 7.95. The number of pyridine rings is 1. The van der Waals surface area contributed by atoms with E-state index in [0.29, 0.717) is 21.7 Å². The van der Waals surface area contributed by atoms with Crippen molar-refractivity contribution < 1.29 is 9.50 Å². The molecule has 0 fully saturated rings. The molecule has 4 nitrogen and oxygen atoms in total. The van der Waals surface area contributed by atoms with E-state index in [-0.39, 0.29) is 11.3 Å². The zero-order chi connectivity index (χ0) is 18.4. The van der Waals surface area contributed by atoms with Gasteiger partial charge in [-0.3, -0.25) is 9.36 Å². The van der Waals surface area contributed by atoms with Crippen molar-refractivity contribution in [1.82, 2.24) is 9.55 Å². The summed E-state index contributed by atoms with van der Waals surface area (Å²) < 4.78 is 14.9. The number of rotatable bonds is 2. The summed E-state index contributed by atoms with van der Waals surface area (Å²) in [7, 11) is 0. The SMILES string of the molecule is Cc1ccc(-n2c(Cl)cc3[nH]c(=O)c(-c4ccc(F)cc4)c(O)c32)cc1. The standard InChI is InChI=1S/C20H14ClFN2O2/c1-11-2-8-14(9-3-11)24-16(21)10-15-18(24)19(25)17(20(26)23-15)12-4-6-13(22)7-5-12/h2-10H,1H3,(H2,23,25,26). The second kappa shape index (κ2) is 6.04. The first-order chi connectivity index (χ1) is 12.5. The number of benzene rings is 2. The summed E-state index contributed by atoms with van der Waals surface area (Å²) >= 11 is 6.37. The number of aromatic nitrogens is 2. The number of hydrogen-bond donors (Lipinski definition) is 2. The van der Waals surface area contributed by atoms with Crippen LogP contribution in [0.1, 0.15) is 5.56 Å². The minimum absolute atomic E-state index is 0.0700. The molecule has 0 atom stereocenters. The molecule has 2 aromatic heterocycles. The van der Waals surface area contributed by atoms with Gasteiger partial charge in [0.25, 0.3) is 5.56 Å². The molecule has 0 unspecified atom stereocenters. The minimum atomic E-state index is -0.473. The zero-order valence-electron chi connectivity index (χ0n) is 13.8. The molecule has 0 spiro atoms. The summed E-state index contributed by atoms with van der Waals surface area (Å²) in [5.41, 5.74) is 2.66. The van der Waals surface area contributed by atoms with Crippen LogP contribution in [-0.2, 0) is 0 Å². The molecular weight excluding hydrogens is 355 g/mol. The Morgan fingerprint density at radius 2 is 1.73 bits per heavy atom. The van der Waals surface area contributed by atoms with Gasteiger partial charge in [-0.1, -0.05) is 41.4 Å². The van der Waals surface area contributed by atoms with Crippen LogP contribution in [0.2, 0.25) is 5.15 Å². The molecule has 0 saturated heterocycles. The van der Waals surface area contributed by atoms with E-state index >= 15 is 0 Å². The number of aromatic amines is 1. The van der Waals surface area contributed by atoms with Crippen molar-refractivity contribution >= 4 is 22.6 Å². The number of H-pyrrole nitrogens is 1. The normalized spacial score (nSPS) is 11.2. The fourth-order valence-electron chi connectivity index (χ4n) is 3.05. The van der Waals surface area contributed by atoms with Gasteiger partial charge < -0.3 is 10.1 Å². The van der Waals surface area contributed by atoms with Gasteiger partial charge in [0, 0.05) is 5.69 Å². The number of nitrogens with zero attached hydrogens (tertiary/aromatic N) is 1. The Balaban J connectivity index is 2.05. The Bertz CT molecular complexity index is 1180. The summed E-state index contributed by atoms with van der Waals surface area (Å²) in [5.74, 6) is -0.625. The lowest BCUT2D eigenvalue weighted by Gasteiger charge is -2.11. The van der Waals surface area contributed by atoms with Crippen molar-refractivity contribution in [2.45, 2.75) is 6.92 Å². The Hall–Kier alpha value is -3.05. The van der Waals surface area contributed by atoms with Crippen LogP contribution in [0.5, 0.6) is 5.75 Å². The van der Waals surface area contributed by atoms with Gasteiger partial charge in [-0.15, -0.1) is 0 Å². The number of nitrogens with one attached hydrogen (secondary N) is 1. The number of halogens is 2. The maximum absolute atomic E-state index is 13.2. The van der Waals surface area contributed by atoms with Gasteiger partial charge in [0.05, 0.1) is 11.1 Å². The molecule has 4 rings (SSSR count). The van der Waals surface area contributed by atoms with E-state index in [2.05, 4.69) is 4.98 Å². The molecule has 0 aliphatic heterocycles. The van der Waals surface area contributed by atoms with Gasteiger partial charge in [0.2, 0.25) is 0 Å². The van der Waals surface area contributed by atoms with Crippen LogP contribution in [0.15, 0.2) is 59.4 Å². The fourth-order valence-corrected chi connectivity index (χ4v) is 3.34. The van der Waals surface area contributed by atoms with Gasteiger partial charge in [-0.05, 0) is 42.8 Å². The summed E-state index contributed by atoms with van der Waals surface area (Å²) in [6.07, 6.45) is 0. The van der Waals surface area contributed by atoms with E-state index in [0.717, 1.165) is 11.3 Å². The van der Waals surface area contributed by atoms with Gasteiger partial charge in [-0.2, -0.15) is 0 Å². The lowest BCUT2D eigenvalue weighted by Crippen LogP contribution is -2.09. The molecule has 0 aliphatic rings. The molecule has 0 saturated carbocycles. The molecule has 2 N–H and O–H groups in total. The monoisotopic (exact) mass is 368 g/mol. The van der Waals surface area contributed by atoms with Crippen LogP contribution in [0.3, 0.4) is 0 Å².